The average molecular weight is 551 g/mol. The maximum absolute atomic E-state index is 14.4. The van der Waals surface area contributed by atoms with Crippen molar-refractivity contribution in [3.8, 4) is 0 Å². The van der Waals surface area contributed by atoms with Crippen molar-refractivity contribution in [3.63, 3.8) is 0 Å². The van der Waals surface area contributed by atoms with Crippen LogP contribution in [0.3, 0.4) is 0 Å². The molecule has 192 valence electrons. The lowest BCUT2D eigenvalue weighted by molar-refractivity contribution is -0.120. The number of carbonyl (C=O) groups excluding carboxylic acids is 2. The molecule has 1 aromatic heterocycles. The first-order valence-corrected chi connectivity index (χ1v) is 13.7. The number of halogens is 1. The van der Waals surface area contributed by atoms with Gasteiger partial charge in [0.2, 0.25) is 0 Å². The van der Waals surface area contributed by atoms with E-state index in [1.807, 2.05) is 73.7 Å². The molecule has 2 unspecified atom stereocenters. The van der Waals surface area contributed by atoms with Crippen molar-refractivity contribution in [1.82, 2.24) is 5.32 Å². The fraction of sp³-hybridized carbons (Fsp3) is 0.0938. The Morgan fingerprint density at radius 1 is 0.872 bits per heavy atom. The van der Waals surface area contributed by atoms with Gasteiger partial charge in [0, 0.05) is 37.8 Å². The molecular formula is C32H23ClN2O3S. The summed E-state index contributed by atoms with van der Waals surface area (Å²) in [5.41, 5.74) is 3.12. The summed E-state index contributed by atoms with van der Waals surface area (Å²) in [6.45, 7) is 1.98. The van der Waals surface area contributed by atoms with E-state index in [4.69, 9.17) is 11.6 Å². The SMILES string of the molecule is Cc1ccc(C2c3c(sc4ccc(Cl)cc4c3=O)N(c3ccccc3)C(=O)C2NC(=O)c2ccccc2)cc1. The predicted molar refractivity (Wildman–Crippen MR) is 157 cm³/mol. The molecule has 39 heavy (non-hydrogen) atoms. The number of nitrogens with zero attached hydrogens (tertiary/aromatic N) is 1. The van der Waals surface area contributed by atoms with E-state index in [-0.39, 0.29) is 17.2 Å². The van der Waals surface area contributed by atoms with Crippen LogP contribution < -0.4 is 15.6 Å². The molecule has 6 rings (SSSR count). The highest BCUT2D eigenvalue weighted by Crippen LogP contribution is 2.46. The fourth-order valence-corrected chi connectivity index (χ4v) is 6.47. The minimum Gasteiger partial charge on any atom is -0.339 e. The Bertz CT molecular complexity index is 1770. The third kappa shape index (κ3) is 4.52. The van der Waals surface area contributed by atoms with Crippen LogP contribution in [0.5, 0.6) is 0 Å². The third-order valence-corrected chi connectivity index (χ3v) is 8.38. The van der Waals surface area contributed by atoms with E-state index in [2.05, 4.69) is 5.32 Å². The maximum atomic E-state index is 14.4. The van der Waals surface area contributed by atoms with Gasteiger partial charge in [-0.05, 0) is 55.0 Å². The number of hydrogen-bond acceptors (Lipinski definition) is 4. The largest absolute Gasteiger partial charge is 0.339 e. The van der Waals surface area contributed by atoms with Crippen LogP contribution in [0.4, 0.5) is 10.7 Å². The molecule has 2 amide bonds. The summed E-state index contributed by atoms with van der Waals surface area (Å²) in [4.78, 5) is 43.6. The summed E-state index contributed by atoms with van der Waals surface area (Å²) in [6, 6.07) is 29.9. The molecule has 1 aliphatic rings. The van der Waals surface area contributed by atoms with E-state index < -0.39 is 12.0 Å². The van der Waals surface area contributed by atoms with Crippen molar-refractivity contribution in [2.24, 2.45) is 0 Å². The smallest absolute Gasteiger partial charge is 0.255 e. The van der Waals surface area contributed by atoms with Crippen molar-refractivity contribution in [2.45, 2.75) is 18.9 Å². The van der Waals surface area contributed by atoms with Gasteiger partial charge in [-0.15, -0.1) is 11.3 Å². The van der Waals surface area contributed by atoms with Gasteiger partial charge in [0.1, 0.15) is 11.0 Å². The highest BCUT2D eigenvalue weighted by atomic mass is 35.5. The summed E-state index contributed by atoms with van der Waals surface area (Å²) < 4.78 is 0.728. The first-order valence-electron chi connectivity index (χ1n) is 12.5. The maximum Gasteiger partial charge on any atom is 0.255 e. The number of fused-ring (bicyclic) bond motifs is 2. The second kappa shape index (κ2) is 10.1. The fourth-order valence-electron chi connectivity index (χ4n) is 5.07. The first-order chi connectivity index (χ1) is 18.9. The molecule has 0 saturated heterocycles. The molecule has 2 atom stereocenters. The molecule has 7 heteroatoms. The molecule has 4 aromatic carbocycles. The van der Waals surface area contributed by atoms with E-state index >= 15 is 0 Å². The summed E-state index contributed by atoms with van der Waals surface area (Å²) in [6.07, 6.45) is 0. The summed E-state index contributed by atoms with van der Waals surface area (Å²) >= 11 is 7.67. The van der Waals surface area contributed by atoms with Gasteiger partial charge in [-0.2, -0.15) is 0 Å². The Hall–Kier alpha value is -4.26. The van der Waals surface area contributed by atoms with Crippen LogP contribution in [0.25, 0.3) is 10.1 Å². The highest BCUT2D eigenvalue weighted by Gasteiger charge is 2.45. The Morgan fingerprint density at radius 3 is 2.23 bits per heavy atom. The van der Waals surface area contributed by atoms with Crippen LogP contribution >= 0.6 is 22.9 Å². The minimum absolute atomic E-state index is 0.209. The zero-order chi connectivity index (χ0) is 27.1. The molecule has 5 aromatic rings. The van der Waals surface area contributed by atoms with Crippen LogP contribution in [0.15, 0.2) is 108 Å². The number of rotatable bonds is 4. The molecule has 5 nitrogen and oxygen atoms in total. The van der Waals surface area contributed by atoms with E-state index in [9.17, 15) is 14.4 Å². The van der Waals surface area contributed by atoms with E-state index in [1.54, 1.807) is 41.3 Å². The number of benzene rings is 4. The molecule has 0 aliphatic carbocycles. The molecule has 0 saturated carbocycles. The number of hydrogen-bond donors (Lipinski definition) is 1. The molecule has 0 bridgehead atoms. The van der Waals surface area contributed by atoms with Crippen LogP contribution in [0, 0.1) is 6.92 Å². The number of amides is 2. The van der Waals surface area contributed by atoms with Gasteiger partial charge in [-0.25, -0.2) is 0 Å². The van der Waals surface area contributed by atoms with Crippen LogP contribution in [0.2, 0.25) is 5.02 Å². The van der Waals surface area contributed by atoms with Gasteiger partial charge >= 0.3 is 0 Å². The molecule has 0 fully saturated rings. The highest BCUT2D eigenvalue weighted by molar-refractivity contribution is 7.22. The molecule has 2 heterocycles. The number of para-hydroxylation sites is 1. The molecule has 1 aliphatic heterocycles. The van der Waals surface area contributed by atoms with Crippen LogP contribution in [-0.4, -0.2) is 17.9 Å². The third-order valence-electron chi connectivity index (χ3n) is 6.98. The lowest BCUT2D eigenvalue weighted by Crippen LogP contribution is -2.54. The molecule has 0 radical (unpaired) electrons. The second-order valence-electron chi connectivity index (χ2n) is 9.51. The zero-order valence-electron chi connectivity index (χ0n) is 20.9. The first kappa shape index (κ1) is 25.0. The van der Waals surface area contributed by atoms with E-state index in [0.717, 1.165) is 15.8 Å². The Labute approximate surface area is 234 Å². The molecule has 1 N–H and O–H groups in total. The normalized spacial score (nSPS) is 16.7. The van der Waals surface area contributed by atoms with Crippen LogP contribution in [0.1, 0.15) is 33.0 Å². The quantitative estimate of drug-likeness (QED) is 0.267. The number of anilines is 2. The van der Waals surface area contributed by atoms with E-state index in [1.165, 1.54) is 11.3 Å². The lowest BCUT2D eigenvalue weighted by Gasteiger charge is -2.39. The van der Waals surface area contributed by atoms with Crippen LogP contribution in [-0.2, 0) is 4.79 Å². The number of carbonyl (C=O) groups is 2. The summed E-state index contributed by atoms with van der Waals surface area (Å²) in [5.74, 6) is -1.40. The van der Waals surface area contributed by atoms with Gasteiger partial charge in [-0.3, -0.25) is 19.3 Å². The van der Waals surface area contributed by atoms with Crippen molar-refractivity contribution in [1.29, 1.82) is 0 Å². The van der Waals surface area contributed by atoms with Gasteiger partial charge in [0.15, 0.2) is 5.43 Å². The van der Waals surface area contributed by atoms with Gasteiger partial charge < -0.3 is 5.32 Å². The Kier molecular flexibility index (Phi) is 6.51. The molecular weight excluding hydrogens is 528 g/mol. The standard InChI is InChI=1S/C32H23ClN2O3S/c1-19-12-14-20(15-13-19)26-27-29(36)24-18-22(33)16-17-25(24)39-32(27)35(23-10-6-3-7-11-23)31(38)28(26)34-30(37)21-8-4-2-5-9-21/h2-18,26,28H,1H3,(H,34,37). The van der Waals surface area contributed by atoms with Crippen molar-refractivity contribution in [2.75, 3.05) is 4.90 Å². The summed E-state index contributed by atoms with van der Waals surface area (Å²) in [5, 5.41) is 4.47. The minimum atomic E-state index is -1.02. The lowest BCUT2D eigenvalue weighted by atomic mass is 9.81. The number of aryl methyl sites for hydroxylation is 1. The van der Waals surface area contributed by atoms with Gasteiger partial charge in [-0.1, -0.05) is 77.8 Å². The predicted octanol–water partition coefficient (Wildman–Crippen LogP) is 6.83. The average Bonchev–Trinajstić information content (AvgIpc) is 2.96. The van der Waals surface area contributed by atoms with Gasteiger partial charge in [0.25, 0.3) is 11.8 Å². The van der Waals surface area contributed by atoms with Crippen molar-refractivity contribution >= 4 is 55.5 Å². The molecule has 0 spiro atoms. The topological polar surface area (TPSA) is 66.5 Å². The van der Waals surface area contributed by atoms with E-state index in [0.29, 0.717) is 32.2 Å². The number of nitrogens with one attached hydrogen (secondary N) is 1. The monoisotopic (exact) mass is 550 g/mol. The summed E-state index contributed by atoms with van der Waals surface area (Å²) in [7, 11) is 0. The second-order valence-corrected chi connectivity index (χ2v) is 11.0. The van der Waals surface area contributed by atoms with Gasteiger partial charge in [0.05, 0.1) is 0 Å². The van der Waals surface area contributed by atoms with Crippen molar-refractivity contribution < 1.29 is 9.59 Å². The Balaban J connectivity index is 1.63. The zero-order valence-corrected chi connectivity index (χ0v) is 22.5. The Morgan fingerprint density at radius 2 is 1.54 bits per heavy atom. The van der Waals surface area contributed by atoms with Crippen molar-refractivity contribution in [3.05, 3.63) is 141 Å².